The Kier molecular flexibility index (Phi) is 4.09. The van der Waals surface area contributed by atoms with Crippen molar-refractivity contribution in [3.63, 3.8) is 0 Å². The Labute approximate surface area is 140 Å². The number of ether oxygens (including phenoxy) is 1. The third kappa shape index (κ3) is 2.70. The van der Waals surface area contributed by atoms with Crippen LogP contribution in [0.1, 0.15) is 10.4 Å². The number of hydrogen-bond acceptors (Lipinski definition) is 3. The number of hydrogen-bond donors (Lipinski definition) is 1. The highest BCUT2D eigenvalue weighted by Gasteiger charge is 2.22. The van der Waals surface area contributed by atoms with Crippen LogP contribution in [0.3, 0.4) is 0 Å². The third-order valence-electron chi connectivity index (χ3n) is 3.52. The summed E-state index contributed by atoms with van der Waals surface area (Å²) in [4.78, 5) is 12.3. The van der Waals surface area contributed by atoms with Crippen LogP contribution in [0.4, 0.5) is 4.39 Å². The summed E-state index contributed by atoms with van der Waals surface area (Å²) in [5.74, 6) is 0.344. The molecule has 1 N–H and O–H groups in total. The maximum Gasteiger partial charge on any atom is 0.255 e. The lowest BCUT2D eigenvalue weighted by molar-refractivity contribution is 0.0964. The average Bonchev–Trinajstić information content (AvgIpc) is 2.92. The van der Waals surface area contributed by atoms with E-state index in [4.69, 9.17) is 9.15 Å². The van der Waals surface area contributed by atoms with Crippen LogP contribution in [0.25, 0.3) is 22.3 Å². The number of halogens is 2. The van der Waals surface area contributed by atoms with Crippen molar-refractivity contribution in [1.82, 2.24) is 5.32 Å². The van der Waals surface area contributed by atoms with E-state index in [0.717, 1.165) is 4.47 Å². The van der Waals surface area contributed by atoms with Crippen molar-refractivity contribution in [3.8, 4) is 17.1 Å². The molecule has 0 unspecified atom stereocenters. The van der Waals surface area contributed by atoms with E-state index in [1.54, 1.807) is 38.4 Å². The second kappa shape index (κ2) is 6.04. The molecule has 1 aromatic heterocycles. The number of furan rings is 1. The maximum atomic E-state index is 13.2. The highest BCUT2D eigenvalue weighted by atomic mass is 79.9. The minimum absolute atomic E-state index is 0.285. The van der Waals surface area contributed by atoms with Crippen LogP contribution in [0.15, 0.2) is 45.3 Å². The summed E-state index contributed by atoms with van der Waals surface area (Å²) in [5.41, 5.74) is 1.55. The number of carbonyl (C=O) groups is 1. The van der Waals surface area contributed by atoms with Gasteiger partial charge in [-0.1, -0.05) is 0 Å². The van der Waals surface area contributed by atoms with Gasteiger partial charge in [-0.15, -0.1) is 0 Å². The summed E-state index contributed by atoms with van der Waals surface area (Å²) in [6.45, 7) is 0. The molecule has 1 amide bonds. The molecule has 2 aromatic carbocycles. The molecule has 1 heterocycles. The molecule has 3 aromatic rings. The van der Waals surface area contributed by atoms with Crippen LogP contribution in [-0.2, 0) is 0 Å². The Morgan fingerprint density at radius 3 is 2.57 bits per heavy atom. The van der Waals surface area contributed by atoms with Crippen molar-refractivity contribution in [3.05, 3.63) is 52.3 Å². The molecule has 4 nitrogen and oxygen atoms in total. The van der Waals surface area contributed by atoms with Crippen LogP contribution in [0, 0.1) is 5.82 Å². The summed E-state index contributed by atoms with van der Waals surface area (Å²) >= 11 is 3.40. The molecule has 0 atom stereocenters. The van der Waals surface area contributed by atoms with Crippen LogP contribution in [0.5, 0.6) is 5.75 Å². The van der Waals surface area contributed by atoms with E-state index in [9.17, 15) is 9.18 Å². The van der Waals surface area contributed by atoms with Gasteiger partial charge in [0.25, 0.3) is 5.91 Å². The van der Waals surface area contributed by atoms with Gasteiger partial charge in [0.2, 0.25) is 0 Å². The molecular formula is C17H13BrFNO3. The quantitative estimate of drug-likeness (QED) is 0.737. The number of methoxy groups -OCH3 is 1. The molecule has 0 radical (unpaired) electrons. The van der Waals surface area contributed by atoms with Crippen molar-refractivity contribution >= 4 is 32.8 Å². The molecule has 0 aliphatic carbocycles. The lowest BCUT2D eigenvalue weighted by Gasteiger charge is -2.04. The summed E-state index contributed by atoms with van der Waals surface area (Å²) in [7, 11) is 3.10. The molecule has 0 spiro atoms. The van der Waals surface area contributed by atoms with Gasteiger partial charge in [0, 0.05) is 18.0 Å². The van der Waals surface area contributed by atoms with Gasteiger partial charge >= 0.3 is 0 Å². The monoisotopic (exact) mass is 377 g/mol. The highest BCUT2D eigenvalue weighted by molar-refractivity contribution is 9.10. The van der Waals surface area contributed by atoms with E-state index in [1.807, 2.05) is 0 Å². The second-order valence-corrected chi connectivity index (χ2v) is 5.73. The van der Waals surface area contributed by atoms with Gasteiger partial charge < -0.3 is 14.5 Å². The van der Waals surface area contributed by atoms with Crippen molar-refractivity contribution in [1.29, 1.82) is 0 Å². The summed E-state index contributed by atoms with van der Waals surface area (Å²) in [6.07, 6.45) is 0. The van der Waals surface area contributed by atoms with Crippen LogP contribution >= 0.6 is 15.9 Å². The number of benzene rings is 2. The summed E-state index contributed by atoms with van der Waals surface area (Å²) in [6, 6.07) is 9.28. The van der Waals surface area contributed by atoms with E-state index in [2.05, 4.69) is 21.2 Å². The molecule has 0 aliphatic rings. The van der Waals surface area contributed by atoms with Gasteiger partial charge in [-0.2, -0.15) is 0 Å². The zero-order valence-corrected chi connectivity index (χ0v) is 14.0. The number of fused-ring (bicyclic) bond motifs is 1. The lowest BCUT2D eigenvalue weighted by atomic mass is 10.0. The Morgan fingerprint density at radius 2 is 1.96 bits per heavy atom. The minimum Gasteiger partial charge on any atom is -0.496 e. The van der Waals surface area contributed by atoms with E-state index < -0.39 is 0 Å². The number of amides is 1. The standard InChI is InChI=1S/C17H13BrFNO3/c1-20-17(21)15-11-7-14(22-2)12(18)8-13(11)23-16(15)9-3-5-10(19)6-4-9/h3-8H,1-2H3,(H,20,21). The molecule has 0 bridgehead atoms. The van der Waals surface area contributed by atoms with Gasteiger partial charge in [0.15, 0.2) is 0 Å². The molecular weight excluding hydrogens is 365 g/mol. The van der Waals surface area contributed by atoms with E-state index in [-0.39, 0.29) is 11.7 Å². The number of rotatable bonds is 3. The first-order valence-electron chi connectivity index (χ1n) is 6.83. The Hall–Kier alpha value is -2.34. The number of nitrogens with one attached hydrogen (secondary N) is 1. The zero-order valence-electron chi connectivity index (χ0n) is 12.4. The van der Waals surface area contributed by atoms with Crippen molar-refractivity contribution in [2.24, 2.45) is 0 Å². The zero-order chi connectivity index (χ0) is 16.6. The first-order chi connectivity index (χ1) is 11.0. The molecule has 0 aliphatic heterocycles. The predicted molar refractivity (Wildman–Crippen MR) is 89.3 cm³/mol. The molecule has 23 heavy (non-hydrogen) atoms. The van der Waals surface area contributed by atoms with Gasteiger partial charge in [-0.25, -0.2) is 4.39 Å². The van der Waals surface area contributed by atoms with E-state index in [0.29, 0.717) is 33.6 Å². The fraction of sp³-hybridized carbons (Fsp3) is 0.118. The average molecular weight is 378 g/mol. The van der Waals surface area contributed by atoms with Crippen molar-refractivity contribution in [2.45, 2.75) is 0 Å². The van der Waals surface area contributed by atoms with Crippen molar-refractivity contribution < 1.29 is 18.3 Å². The SMILES string of the molecule is CNC(=O)c1c(-c2ccc(F)cc2)oc2cc(Br)c(OC)cc12. The van der Waals surface area contributed by atoms with E-state index in [1.165, 1.54) is 12.1 Å². The second-order valence-electron chi connectivity index (χ2n) is 4.88. The summed E-state index contributed by atoms with van der Waals surface area (Å²) in [5, 5.41) is 3.24. The van der Waals surface area contributed by atoms with Crippen LogP contribution in [0.2, 0.25) is 0 Å². The fourth-order valence-corrected chi connectivity index (χ4v) is 2.89. The highest BCUT2D eigenvalue weighted by Crippen LogP contribution is 2.38. The topological polar surface area (TPSA) is 51.5 Å². The Morgan fingerprint density at radius 1 is 1.26 bits per heavy atom. The smallest absolute Gasteiger partial charge is 0.255 e. The normalized spacial score (nSPS) is 10.8. The van der Waals surface area contributed by atoms with Gasteiger partial charge in [-0.3, -0.25) is 4.79 Å². The van der Waals surface area contributed by atoms with Gasteiger partial charge in [-0.05, 0) is 52.3 Å². The first kappa shape index (κ1) is 15.6. The molecule has 0 saturated carbocycles. The third-order valence-corrected chi connectivity index (χ3v) is 4.14. The summed E-state index contributed by atoms with van der Waals surface area (Å²) < 4.78 is 25.0. The molecule has 3 rings (SSSR count). The lowest BCUT2D eigenvalue weighted by Crippen LogP contribution is -2.18. The van der Waals surface area contributed by atoms with E-state index >= 15 is 0 Å². The largest absolute Gasteiger partial charge is 0.496 e. The number of carbonyl (C=O) groups excluding carboxylic acids is 1. The maximum absolute atomic E-state index is 13.2. The fourth-order valence-electron chi connectivity index (χ4n) is 2.41. The van der Waals surface area contributed by atoms with Crippen LogP contribution < -0.4 is 10.1 Å². The Balaban J connectivity index is 2.32. The van der Waals surface area contributed by atoms with Crippen LogP contribution in [-0.4, -0.2) is 20.1 Å². The molecule has 0 saturated heterocycles. The minimum atomic E-state index is -0.351. The van der Waals surface area contributed by atoms with Crippen molar-refractivity contribution in [2.75, 3.05) is 14.2 Å². The van der Waals surface area contributed by atoms with Gasteiger partial charge in [0.1, 0.15) is 22.9 Å². The molecule has 6 heteroatoms. The first-order valence-corrected chi connectivity index (χ1v) is 7.62. The van der Waals surface area contributed by atoms with Gasteiger partial charge in [0.05, 0.1) is 17.1 Å². The molecule has 0 fully saturated rings. The molecule has 118 valence electrons. The predicted octanol–water partition coefficient (Wildman–Crippen LogP) is 4.37. The Bertz CT molecular complexity index is 887.